The third-order valence-electron chi connectivity index (χ3n) is 6.54. The molecule has 1 aliphatic rings. The molecule has 47 heavy (non-hydrogen) atoms. The molecule has 0 N–H and O–H groups in total. The Labute approximate surface area is 285 Å². The van der Waals surface area contributed by atoms with Crippen LogP contribution in [0.2, 0.25) is 20.5 Å². The summed E-state index contributed by atoms with van der Waals surface area (Å²) in [4.78, 5) is 47.6. The largest absolute Gasteiger partial charge is 0.464 e. The first-order valence-electron chi connectivity index (χ1n) is 15.7. The van der Waals surface area contributed by atoms with E-state index in [1.54, 1.807) is 13.8 Å². The van der Waals surface area contributed by atoms with Crippen molar-refractivity contribution in [3.8, 4) is 0 Å². The van der Waals surface area contributed by atoms with Crippen molar-refractivity contribution in [2.24, 2.45) is 11.8 Å². The van der Waals surface area contributed by atoms with E-state index in [1.165, 1.54) is 13.0 Å². The quantitative estimate of drug-likeness (QED) is 0.222. The second-order valence-electron chi connectivity index (χ2n) is 11.7. The predicted octanol–water partition coefficient (Wildman–Crippen LogP) is 5.75. The lowest BCUT2D eigenvalue weighted by molar-refractivity contribution is -0.148. The van der Waals surface area contributed by atoms with E-state index in [9.17, 15) is 28.0 Å². The zero-order valence-electron chi connectivity index (χ0n) is 28.9. The van der Waals surface area contributed by atoms with Crippen molar-refractivity contribution in [2.45, 2.75) is 93.9 Å². The summed E-state index contributed by atoms with van der Waals surface area (Å²) < 4.78 is 54.7. The van der Waals surface area contributed by atoms with E-state index in [0.717, 1.165) is 27.6 Å². The summed E-state index contributed by atoms with van der Waals surface area (Å²) in [7, 11) is -0.406. The number of hydrogen-bond donors (Lipinski definition) is 0. The van der Waals surface area contributed by atoms with Crippen LogP contribution in [0.4, 0.5) is 8.78 Å². The summed E-state index contributed by atoms with van der Waals surface area (Å²) in [5.41, 5.74) is -0.557. The van der Waals surface area contributed by atoms with Gasteiger partial charge >= 0.3 is 33.3 Å². The third-order valence-corrected chi connectivity index (χ3v) is 7.14. The minimum Gasteiger partial charge on any atom is -0.464 e. The molecule has 2 aromatic rings. The molecule has 0 aliphatic carbocycles. The molecule has 11 nitrogen and oxygen atoms in total. The van der Waals surface area contributed by atoms with Gasteiger partial charge in [0.25, 0.3) is 11.1 Å². The minimum absolute atomic E-state index is 0.0842. The SMILES string of the molecule is CB1OB(C)OB(C)O1.CCOC(=O)C(CC(C)C)n1cc(F)c(Br)cc1=O.CCOC(=O)C(CC(C)C)n1cc(F)c(C)cc1=O. The van der Waals surface area contributed by atoms with E-state index in [0.29, 0.717) is 12.8 Å². The number of ether oxygens (including phenoxy) is 2. The zero-order chi connectivity index (χ0) is 36.0. The maximum absolute atomic E-state index is 13.6. The van der Waals surface area contributed by atoms with Crippen LogP contribution in [-0.4, -0.2) is 55.6 Å². The van der Waals surface area contributed by atoms with Gasteiger partial charge < -0.3 is 23.2 Å². The van der Waals surface area contributed by atoms with Crippen molar-refractivity contribution in [3.05, 3.63) is 66.9 Å². The molecule has 260 valence electrons. The highest BCUT2D eigenvalue weighted by molar-refractivity contribution is 9.10. The molecule has 0 bridgehead atoms. The second kappa shape index (κ2) is 20.6. The Morgan fingerprint density at radius 1 is 0.766 bits per heavy atom. The number of carbonyl (C=O) groups is 2. The van der Waals surface area contributed by atoms with E-state index < -0.39 is 46.8 Å². The van der Waals surface area contributed by atoms with E-state index in [4.69, 9.17) is 23.2 Å². The fraction of sp³-hybridized carbons (Fsp3) is 0.600. The topological polar surface area (TPSA) is 124 Å². The monoisotopic (exact) mass is 728 g/mol. The standard InChI is InChI=1S/C14H20FNO3.C13H17BrFNO3.C3H9B3O3/c1-5-19-14(18)12(6-9(2)3)16-8-11(15)10(4)7-13(16)17;1-4-19-13(18)11(5-8(2)3)16-7-10(15)9(14)6-12(16)17;1-4-7-5(2)9-6(3)8-4/h7-9,12H,5-6H2,1-4H3;6-8,11H,4-5H2,1-3H3;1-3H3. The van der Waals surface area contributed by atoms with Crippen molar-refractivity contribution in [1.82, 2.24) is 9.13 Å². The van der Waals surface area contributed by atoms with Gasteiger partial charge in [0.1, 0.15) is 17.9 Å². The van der Waals surface area contributed by atoms with Gasteiger partial charge in [-0.2, -0.15) is 0 Å². The lowest BCUT2D eigenvalue weighted by atomic mass is 9.74. The molecule has 2 aromatic heterocycles. The van der Waals surface area contributed by atoms with Crippen LogP contribution in [0.3, 0.4) is 0 Å². The number of esters is 2. The Hall–Kier alpha value is -2.75. The van der Waals surface area contributed by atoms with E-state index in [1.807, 2.05) is 48.2 Å². The number of aromatic nitrogens is 2. The van der Waals surface area contributed by atoms with Crippen LogP contribution in [0.5, 0.6) is 0 Å². The van der Waals surface area contributed by atoms with Crippen molar-refractivity contribution in [3.63, 3.8) is 0 Å². The first-order valence-corrected chi connectivity index (χ1v) is 16.5. The van der Waals surface area contributed by atoms with Gasteiger partial charge in [0.05, 0.1) is 17.7 Å². The minimum atomic E-state index is -0.796. The molecular formula is C30H46B3BrF2N2O9. The van der Waals surface area contributed by atoms with Crippen molar-refractivity contribution < 1.29 is 41.6 Å². The Bertz CT molecular complexity index is 1310. The average Bonchev–Trinajstić information content (AvgIpc) is 2.94. The van der Waals surface area contributed by atoms with Crippen LogP contribution in [0.1, 0.15) is 72.0 Å². The molecule has 3 heterocycles. The van der Waals surface area contributed by atoms with Crippen molar-refractivity contribution in [2.75, 3.05) is 13.2 Å². The number of hydrogen-bond acceptors (Lipinski definition) is 9. The van der Waals surface area contributed by atoms with Gasteiger partial charge in [-0.05, 0) is 87.4 Å². The lowest BCUT2D eigenvalue weighted by Gasteiger charge is -2.25. The van der Waals surface area contributed by atoms with Crippen LogP contribution in [0.25, 0.3) is 0 Å². The molecule has 0 aromatic carbocycles. The fourth-order valence-electron chi connectivity index (χ4n) is 4.53. The van der Waals surface area contributed by atoms with Crippen LogP contribution in [0.15, 0.2) is 38.6 Å². The van der Waals surface area contributed by atoms with Gasteiger partial charge in [0, 0.05) is 24.5 Å². The number of rotatable bonds is 10. The van der Waals surface area contributed by atoms with Crippen LogP contribution in [-0.2, 0) is 32.8 Å². The Morgan fingerprint density at radius 2 is 1.13 bits per heavy atom. The van der Waals surface area contributed by atoms with Gasteiger partial charge in [0.15, 0.2) is 5.82 Å². The summed E-state index contributed by atoms with van der Waals surface area (Å²) in [5.74, 6) is -1.74. The molecule has 1 saturated heterocycles. The van der Waals surface area contributed by atoms with Crippen LogP contribution in [0, 0.1) is 30.4 Å². The summed E-state index contributed by atoms with van der Waals surface area (Å²) in [6, 6.07) is 0.738. The zero-order valence-corrected chi connectivity index (χ0v) is 30.5. The Morgan fingerprint density at radius 3 is 1.49 bits per heavy atom. The van der Waals surface area contributed by atoms with Gasteiger partial charge in [-0.1, -0.05) is 27.7 Å². The maximum atomic E-state index is 13.6. The Kier molecular flexibility index (Phi) is 18.5. The molecule has 2 atom stereocenters. The third kappa shape index (κ3) is 14.5. The molecule has 0 saturated carbocycles. The molecular weight excluding hydrogens is 683 g/mol. The van der Waals surface area contributed by atoms with Crippen LogP contribution >= 0.6 is 15.9 Å². The summed E-state index contributed by atoms with van der Waals surface area (Å²) in [6.45, 7) is 18.6. The normalized spacial score (nSPS) is 14.1. The van der Waals surface area contributed by atoms with Gasteiger partial charge in [-0.25, -0.2) is 18.4 Å². The second-order valence-corrected chi connectivity index (χ2v) is 12.5. The molecule has 0 spiro atoms. The molecule has 0 radical (unpaired) electrons. The number of carbonyl (C=O) groups excluding carboxylic acids is 2. The first-order chi connectivity index (χ1) is 21.9. The van der Waals surface area contributed by atoms with Gasteiger partial charge in [-0.15, -0.1) is 0 Å². The van der Waals surface area contributed by atoms with E-state index >= 15 is 0 Å². The average molecular weight is 729 g/mol. The van der Waals surface area contributed by atoms with E-state index in [2.05, 4.69) is 15.9 Å². The lowest BCUT2D eigenvalue weighted by Crippen LogP contribution is -2.44. The molecule has 3 rings (SSSR count). The molecule has 1 aliphatic heterocycles. The van der Waals surface area contributed by atoms with Gasteiger partial charge in [-0.3, -0.25) is 18.7 Å². The van der Waals surface area contributed by atoms with Crippen LogP contribution < -0.4 is 11.1 Å². The highest BCUT2D eigenvalue weighted by Gasteiger charge is 2.31. The Balaban J connectivity index is 0.000000375. The predicted molar refractivity (Wildman–Crippen MR) is 182 cm³/mol. The smallest absolute Gasteiger partial charge is 0.426 e. The number of halogens is 3. The van der Waals surface area contributed by atoms with Crippen molar-refractivity contribution >= 4 is 49.2 Å². The first kappa shape index (κ1) is 42.3. The molecule has 2 unspecified atom stereocenters. The number of pyridine rings is 2. The van der Waals surface area contributed by atoms with Crippen molar-refractivity contribution in [1.29, 1.82) is 0 Å². The number of aryl methyl sites for hydroxylation is 1. The summed E-state index contributed by atoms with van der Waals surface area (Å²) in [5, 5.41) is 0. The maximum Gasteiger partial charge on any atom is 0.426 e. The highest BCUT2D eigenvalue weighted by atomic mass is 79.9. The summed E-state index contributed by atoms with van der Waals surface area (Å²) in [6.07, 6.45) is 2.97. The molecule has 0 amide bonds. The van der Waals surface area contributed by atoms with Gasteiger partial charge in [0.2, 0.25) is 0 Å². The highest BCUT2D eigenvalue weighted by Crippen LogP contribution is 2.21. The van der Waals surface area contributed by atoms with E-state index in [-0.39, 0.29) is 56.4 Å². The summed E-state index contributed by atoms with van der Waals surface area (Å²) >= 11 is 2.94. The molecule has 17 heteroatoms. The number of nitrogens with zero attached hydrogens (tertiary/aromatic N) is 2. The molecule has 1 fully saturated rings. The fourth-order valence-corrected chi connectivity index (χ4v) is 4.82.